The maximum absolute atomic E-state index is 11.7. The minimum atomic E-state index is -1.07. The van der Waals surface area contributed by atoms with Crippen LogP contribution in [-0.4, -0.2) is 36.9 Å². The third-order valence-electron chi connectivity index (χ3n) is 3.04. The molecule has 0 aromatic heterocycles. The van der Waals surface area contributed by atoms with Crippen molar-refractivity contribution in [2.24, 2.45) is 5.92 Å². The third-order valence-corrected chi connectivity index (χ3v) is 3.71. The number of nitrogens with one attached hydrogen (secondary N) is 2. The zero-order valence-electron chi connectivity index (χ0n) is 11.4. The molecule has 1 saturated carbocycles. The number of carbonyl (C=O) groups excluding carboxylic acids is 1. The van der Waals surface area contributed by atoms with Gasteiger partial charge >= 0.3 is 12.0 Å². The average molecular weight is 404 g/mol. The molecule has 0 heterocycles. The fraction of sp³-hybridized carbons (Fsp3) is 0.429. The van der Waals surface area contributed by atoms with Gasteiger partial charge in [-0.2, -0.15) is 0 Å². The highest BCUT2D eigenvalue weighted by atomic mass is 127. The highest BCUT2D eigenvalue weighted by molar-refractivity contribution is 14.1. The molecular formula is C14H17IN2O4. The van der Waals surface area contributed by atoms with Crippen molar-refractivity contribution in [3.8, 4) is 0 Å². The van der Waals surface area contributed by atoms with Gasteiger partial charge in [-0.3, -0.25) is 0 Å². The Kier molecular flexibility index (Phi) is 5.80. The molecule has 0 saturated heterocycles. The first-order chi connectivity index (χ1) is 10.1. The molecule has 0 atom stereocenters. The number of carboxylic acids is 1. The van der Waals surface area contributed by atoms with Gasteiger partial charge in [0.1, 0.15) is 0 Å². The molecule has 1 aliphatic rings. The maximum Gasteiger partial charge on any atom is 0.337 e. The van der Waals surface area contributed by atoms with E-state index < -0.39 is 12.0 Å². The molecule has 2 rings (SSSR count). The number of carboxylic acid groups (broad SMARTS) is 1. The van der Waals surface area contributed by atoms with Crippen molar-refractivity contribution in [3.05, 3.63) is 27.3 Å². The summed E-state index contributed by atoms with van der Waals surface area (Å²) in [5.74, 6) is -0.375. The number of urea groups is 1. The van der Waals surface area contributed by atoms with Crippen molar-refractivity contribution < 1.29 is 19.4 Å². The van der Waals surface area contributed by atoms with Crippen molar-refractivity contribution >= 4 is 40.3 Å². The molecule has 0 unspecified atom stereocenters. The quantitative estimate of drug-likeness (QED) is 0.482. The summed E-state index contributed by atoms with van der Waals surface area (Å²) in [6.07, 6.45) is 2.47. The average Bonchev–Trinajstić information content (AvgIpc) is 3.24. The van der Waals surface area contributed by atoms with Gasteiger partial charge in [0.25, 0.3) is 0 Å². The van der Waals surface area contributed by atoms with E-state index in [1.54, 1.807) is 12.1 Å². The highest BCUT2D eigenvalue weighted by Crippen LogP contribution is 2.28. The lowest BCUT2D eigenvalue weighted by Crippen LogP contribution is -2.32. The van der Waals surface area contributed by atoms with Crippen molar-refractivity contribution in [2.45, 2.75) is 12.8 Å². The van der Waals surface area contributed by atoms with Gasteiger partial charge in [-0.15, -0.1) is 0 Å². The summed E-state index contributed by atoms with van der Waals surface area (Å²) in [5.41, 5.74) is 0.348. The minimum Gasteiger partial charge on any atom is -0.478 e. The van der Waals surface area contributed by atoms with Gasteiger partial charge in [0.15, 0.2) is 0 Å². The largest absolute Gasteiger partial charge is 0.478 e. The Morgan fingerprint density at radius 3 is 2.81 bits per heavy atom. The number of amides is 2. The summed E-state index contributed by atoms with van der Waals surface area (Å²) in [5, 5.41) is 14.3. The van der Waals surface area contributed by atoms with Crippen LogP contribution in [0.3, 0.4) is 0 Å². The molecule has 1 aliphatic carbocycles. The van der Waals surface area contributed by atoms with Crippen LogP contribution in [-0.2, 0) is 4.74 Å². The zero-order chi connectivity index (χ0) is 15.2. The van der Waals surface area contributed by atoms with Crippen LogP contribution in [0.4, 0.5) is 10.5 Å². The Hall–Kier alpha value is -1.35. The predicted octanol–water partition coefficient (Wildman–Crippen LogP) is 2.54. The van der Waals surface area contributed by atoms with E-state index in [0.29, 0.717) is 19.1 Å². The van der Waals surface area contributed by atoms with Gasteiger partial charge in [-0.1, -0.05) is 0 Å². The van der Waals surface area contributed by atoms with E-state index in [1.807, 2.05) is 22.6 Å². The number of aromatic carboxylic acids is 1. The number of hydrogen-bond acceptors (Lipinski definition) is 3. The van der Waals surface area contributed by atoms with Crippen LogP contribution in [0.25, 0.3) is 0 Å². The second kappa shape index (κ2) is 7.60. The Balaban J connectivity index is 1.77. The third kappa shape index (κ3) is 5.50. The van der Waals surface area contributed by atoms with Crippen molar-refractivity contribution in [1.29, 1.82) is 0 Å². The molecule has 0 bridgehead atoms. The SMILES string of the molecule is O=C(NCCOCC1CC1)Nc1ccc(I)cc1C(=O)O. The van der Waals surface area contributed by atoms with Crippen LogP contribution in [0.5, 0.6) is 0 Å². The number of hydrogen-bond donors (Lipinski definition) is 3. The van der Waals surface area contributed by atoms with E-state index in [1.165, 1.54) is 18.9 Å². The maximum atomic E-state index is 11.7. The molecule has 114 valence electrons. The predicted molar refractivity (Wildman–Crippen MR) is 86.7 cm³/mol. The molecule has 6 nitrogen and oxygen atoms in total. The number of halogens is 1. The van der Waals surface area contributed by atoms with Crippen LogP contribution < -0.4 is 10.6 Å². The van der Waals surface area contributed by atoms with Gasteiger partial charge in [0.05, 0.1) is 17.9 Å². The molecule has 1 fully saturated rings. The summed E-state index contributed by atoms with van der Waals surface area (Å²) >= 11 is 2.02. The fourth-order valence-electron chi connectivity index (χ4n) is 1.74. The Bertz CT molecular complexity index is 532. The first-order valence-electron chi connectivity index (χ1n) is 6.71. The van der Waals surface area contributed by atoms with Crippen LogP contribution in [0.1, 0.15) is 23.2 Å². The molecule has 21 heavy (non-hydrogen) atoms. The minimum absolute atomic E-state index is 0.0713. The highest BCUT2D eigenvalue weighted by Gasteiger charge is 2.20. The van der Waals surface area contributed by atoms with Crippen molar-refractivity contribution in [2.75, 3.05) is 25.1 Å². The van der Waals surface area contributed by atoms with Gasteiger partial charge in [-0.25, -0.2) is 9.59 Å². The number of benzene rings is 1. The van der Waals surface area contributed by atoms with E-state index in [0.717, 1.165) is 10.2 Å². The smallest absolute Gasteiger partial charge is 0.337 e. The summed E-state index contributed by atoms with van der Waals surface area (Å²) in [6, 6.07) is 4.39. The van der Waals surface area contributed by atoms with Gasteiger partial charge in [-0.05, 0) is 59.5 Å². The van der Waals surface area contributed by atoms with E-state index >= 15 is 0 Å². The molecule has 0 radical (unpaired) electrons. The van der Waals surface area contributed by atoms with E-state index in [4.69, 9.17) is 9.84 Å². The molecule has 1 aromatic carbocycles. The normalized spacial score (nSPS) is 13.8. The number of rotatable bonds is 7. The molecule has 1 aromatic rings. The molecular weight excluding hydrogens is 387 g/mol. The molecule has 7 heteroatoms. The fourth-order valence-corrected chi connectivity index (χ4v) is 2.23. The number of ether oxygens (including phenoxy) is 1. The Morgan fingerprint density at radius 1 is 1.38 bits per heavy atom. The summed E-state index contributed by atoms with van der Waals surface area (Å²) in [4.78, 5) is 22.8. The van der Waals surface area contributed by atoms with Crippen molar-refractivity contribution in [3.63, 3.8) is 0 Å². The van der Waals surface area contributed by atoms with Crippen molar-refractivity contribution in [1.82, 2.24) is 5.32 Å². The monoisotopic (exact) mass is 404 g/mol. The molecule has 0 aliphatic heterocycles. The van der Waals surface area contributed by atoms with Crippen LogP contribution in [0.2, 0.25) is 0 Å². The second-order valence-electron chi connectivity index (χ2n) is 4.89. The lowest BCUT2D eigenvalue weighted by molar-refractivity contribution is 0.0698. The lowest BCUT2D eigenvalue weighted by Gasteiger charge is -2.10. The number of carbonyl (C=O) groups is 2. The standard InChI is InChI=1S/C14H17IN2O4/c15-10-3-4-12(11(7-10)13(18)19)17-14(20)16-5-6-21-8-9-1-2-9/h3-4,7,9H,1-2,5-6,8H2,(H,18,19)(H2,16,17,20). The van der Waals surface area contributed by atoms with E-state index in [2.05, 4.69) is 10.6 Å². The molecule has 2 amide bonds. The summed E-state index contributed by atoms with van der Waals surface area (Å²) in [6.45, 7) is 1.61. The van der Waals surface area contributed by atoms with Crippen LogP contribution >= 0.6 is 22.6 Å². The number of anilines is 1. The first kappa shape index (κ1) is 16.0. The van der Waals surface area contributed by atoms with Crippen LogP contribution in [0.15, 0.2) is 18.2 Å². The van der Waals surface area contributed by atoms with Gasteiger partial charge < -0.3 is 20.5 Å². The van der Waals surface area contributed by atoms with Gasteiger partial charge in [0, 0.05) is 16.7 Å². The van der Waals surface area contributed by atoms with E-state index in [-0.39, 0.29) is 11.3 Å². The first-order valence-corrected chi connectivity index (χ1v) is 7.79. The summed E-state index contributed by atoms with van der Waals surface area (Å²) in [7, 11) is 0. The van der Waals surface area contributed by atoms with Gasteiger partial charge in [0.2, 0.25) is 0 Å². The zero-order valence-corrected chi connectivity index (χ0v) is 13.6. The lowest BCUT2D eigenvalue weighted by atomic mass is 10.2. The summed E-state index contributed by atoms with van der Waals surface area (Å²) < 4.78 is 6.19. The topological polar surface area (TPSA) is 87.7 Å². The van der Waals surface area contributed by atoms with Crippen LogP contribution in [0, 0.1) is 9.49 Å². The molecule has 0 spiro atoms. The van der Waals surface area contributed by atoms with E-state index in [9.17, 15) is 9.59 Å². The second-order valence-corrected chi connectivity index (χ2v) is 6.14. The Labute approximate surface area is 136 Å². The Morgan fingerprint density at radius 2 is 2.14 bits per heavy atom. The molecule has 3 N–H and O–H groups in total.